The van der Waals surface area contributed by atoms with Gasteiger partial charge >= 0.3 is 0 Å². The molecule has 1 aliphatic rings. The highest BCUT2D eigenvalue weighted by atomic mass is 32.2. The third kappa shape index (κ3) is 6.14. The number of benzene rings is 1. The Labute approximate surface area is 174 Å². The van der Waals surface area contributed by atoms with Crippen molar-refractivity contribution in [1.82, 2.24) is 14.5 Å². The van der Waals surface area contributed by atoms with Gasteiger partial charge in [-0.25, -0.2) is 13.4 Å². The van der Waals surface area contributed by atoms with Crippen molar-refractivity contribution < 1.29 is 13.2 Å². The summed E-state index contributed by atoms with van der Waals surface area (Å²) in [7, 11) is -1.34. The van der Waals surface area contributed by atoms with Crippen LogP contribution in [-0.4, -0.2) is 55.4 Å². The lowest BCUT2D eigenvalue weighted by Crippen LogP contribution is -2.30. The largest absolute Gasteiger partial charge is 0.381 e. The fraction of sp³-hybridized carbons (Fsp3) is 0.591. The van der Waals surface area contributed by atoms with Crippen LogP contribution in [-0.2, 0) is 27.7 Å². The minimum absolute atomic E-state index is 0.0570. The van der Waals surface area contributed by atoms with E-state index in [1.54, 1.807) is 6.20 Å². The summed E-state index contributed by atoms with van der Waals surface area (Å²) in [5.41, 5.74) is 2.01. The minimum atomic E-state index is -3.44. The predicted octanol–water partition coefficient (Wildman–Crippen LogP) is 3.22. The van der Waals surface area contributed by atoms with E-state index in [-0.39, 0.29) is 16.8 Å². The van der Waals surface area contributed by atoms with Gasteiger partial charge in [-0.1, -0.05) is 44.2 Å². The van der Waals surface area contributed by atoms with Gasteiger partial charge in [-0.3, -0.25) is 0 Å². The molecule has 0 N–H and O–H groups in total. The zero-order valence-corrected chi connectivity index (χ0v) is 18.6. The van der Waals surface area contributed by atoms with Crippen LogP contribution in [0.5, 0.6) is 0 Å². The lowest BCUT2D eigenvalue weighted by atomic mass is 10.00. The maximum Gasteiger partial charge on any atom is 0.228 e. The molecule has 0 spiro atoms. The first-order valence-electron chi connectivity index (χ1n) is 10.4. The van der Waals surface area contributed by atoms with Gasteiger partial charge in [0.25, 0.3) is 0 Å². The van der Waals surface area contributed by atoms with E-state index in [0.717, 1.165) is 43.9 Å². The Morgan fingerprint density at radius 1 is 1.21 bits per heavy atom. The molecule has 1 aliphatic heterocycles. The zero-order chi connectivity index (χ0) is 20.9. The van der Waals surface area contributed by atoms with Crippen LogP contribution in [0.1, 0.15) is 37.9 Å². The second kappa shape index (κ2) is 9.87. The van der Waals surface area contributed by atoms with Crippen LogP contribution in [0.15, 0.2) is 41.7 Å². The van der Waals surface area contributed by atoms with Crippen molar-refractivity contribution in [1.29, 1.82) is 0 Å². The van der Waals surface area contributed by atoms with Crippen LogP contribution in [0.3, 0.4) is 0 Å². The highest BCUT2D eigenvalue weighted by Crippen LogP contribution is 2.21. The lowest BCUT2D eigenvalue weighted by molar-refractivity contribution is 0.0547. The normalized spacial score (nSPS) is 16.0. The van der Waals surface area contributed by atoms with Gasteiger partial charge < -0.3 is 14.2 Å². The average molecular weight is 420 g/mol. The zero-order valence-electron chi connectivity index (χ0n) is 17.8. The molecule has 160 valence electrons. The molecule has 2 heterocycles. The summed E-state index contributed by atoms with van der Waals surface area (Å²) in [5, 5.41) is 0.185. The van der Waals surface area contributed by atoms with Crippen molar-refractivity contribution in [3.63, 3.8) is 0 Å². The Kier molecular flexibility index (Phi) is 7.49. The minimum Gasteiger partial charge on any atom is -0.381 e. The van der Waals surface area contributed by atoms with Gasteiger partial charge in [0.15, 0.2) is 0 Å². The van der Waals surface area contributed by atoms with E-state index in [1.807, 2.05) is 48.7 Å². The Hall–Kier alpha value is -1.70. The molecule has 1 fully saturated rings. The summed E-state index contributed by atoms with van der Waals surface area (Å²) in [5.74, 6) is 0.792. The van der Waals surface area contributed by atoms with Crippen LogP contribution in [0, 0.1) is 11.8 Å². The maximum absolute atomic E-state index is 13.0. The van der Waals surface area contributed by atoms with E-state index >= 15 is 0 Å². The molecule has 7 heteroatoms. The number of nitrogens with zero attached hydrogens (tertiary/aromatic N) is 3. The lowest BCUT2D eigenvalue weighted by Gasteiger charge is -2.27. The summed E-state index contributed by atoms with van der Waals surface area (Å²) < 4.78 is 33.3. The van der Waals surface area contributed by atoms with Crippen molar-refractivity contribution in [2.24, 2.45) is 11.8 Å². The Morgan fingerprint density at radius 2 is 1.90 bits per heavy atom. The first-order valence-corrected chi connectivity index (χ1v) is 12.1. The molecule has 0 unspecified atom stereocenters. The molecule has 29 heavy (non-hydrogen) atoms. The molecule has 0 radical (unpaired) electrons. The number of imidazole rings is 1. The molecule has 6 nitrogen and oxygen atoms in total. The number of rotatable bonds is 9. The Bertz CT molecular complexity index is 872. The smallest absolute Gasteiger partial charge is 0.228 e. The molecule has 1 aromatic carbocycles. The highest BCUT2D eigenvalue weighted by molar-refractivity contribution is 7.91. The third-order valence-electron chi connectivity index (χ3n) is 5.26. The molecule has 0 bridgehead atoms. The van der Waals surface area contributed by atoms with E-state index in [2.05, 4.69) is 16.9 Å². The van der Waals surface area contributed by atoms with Gasteiger partial charge in [0.2, 0.25) is 15.0 Å². The van der Waals surface area contributed by atoms with Crippen molar-refractivity contribution in [3.05, 3.63) is 47.8 Å². The van der Waals surface area contributed by atoms with Crippen LogP contribution < -0.4 is 0 Å². The molecule has 3 rings (SSSR count). The summed E-state index contributed by atoms with van der Waals surface area (Å²) in [6.45, 7) is 7.68. The second-order valence-electron chi connectivity index (χ2n) is 8.53. The molecule has 0 atom stereocenters. The monoisotopic (exact) mass is 419 g/mol. The summed E-state index contributed by atoms with van der Waals surface area (Å²) in [4.78, 5) is 6.64. The standard InChI is InChI=1S/C22H33N3O3S/c1-18(2)17-29(26,27)22-23-13-21(25(22)15-19-7-5-4-6-8-19)16-24(3)14-20-9-11-28-12-10-20/h4-8,13,18,20H,9-12,14-17H2,1-3H3. The molecule has 0 saturated carbocycles. The highest BCUT2D eigenvalue weighted by Gasteiger charge is 2.25. The first kappa shape index (κ1) is 22.0. The van der Waals surface area contributed by atoms with E-state index in [9.17, 15) is 8.42 Å². The van der Waals surface area contributed by atoms with Crippen molar-refractivity contribution in [2.75, 3.05) is 32.6 Å². The molecule has 0 aliphatic carbocycles. The van der Waals surface area contributed by atoms with Gasteiger partial charge in [-0.05, 0) is 37.3 Å². The number of sulfone groups is 1. The SMILES string of the molecule is CC(C)CS(=O)(=O)c1ncc(CN(C)CC2CCOCC2)n1Cc1ccccc1. The first-order chi connectivity index (χ1) is 13.8. The van der Waals surface area contributed by atoms with E-state index in [0.29, 0.717) is 19.0 Å². The van der Waals surface area contributed by atoms with Crippen LogP contribution in [0.4, 0.5) is 0 Å². The van der Waals surface area contributed by atoms with Crippen LogP contribution >= 0.6 is 0 Å². The number of hydrogen-bond donors (Lipinski definition) is 0. The average Bonchev–Trinajstić information content (AvgIpc) is 3.05. The number of hydrogen-bond acceptors (Lipinski definition) is 5. The van der Waals surface area contributed by atoms with Gasteiger partial charge in [0, 0.05) is 26.3 Å². The quantitative estimate of drug-likeness (QED) is 0.624. The van der Waals surface area contributed by atoms with Crippen molar-refractivity contribution in [2.45, 2.75) is 44.9 Å². The van der Waals surface area contributed by atoms with Crippen LogP contribution in [0.2, 0.25) is 0 Å². The van der Waals surface area contributed by atoms with E-state index in [1.165, 1.54) is 0 Å². The number of ether oxygens (including phenoxy) is 1. The van der Waals surface area contributed by atoms with E-state index in [4.69, 9.17) is 4.74 Å². The Morgan fingerprint density at radius 3 is 2.55 bits per heavy atom. The van der Waals surface area contributed by atoms with Gasteiger partial charge in [-0.15, -0.1) is 0 Å². The van der Waals surface area contributed by atoms with Crippen LogP contribution in [0.25, 0.3) is 0 Å². The fourth-order valence-corrected chi connectivity index (χ4v) is 5.68. The summed E-state index contributed by atoms with van der Waals surface area (Å²) >= 11 is 0. The van der Waals surface area contributed by atoms with Crippen molar-refractivity contribution >= 4 is 9.84 Å². The second-order valence-corrected chi connectivity index (χ2v) is 10.5. The molecular weight excluding hydrogens is 386 g/mol. The topological polar surface area (TPSA) is 64.4 Å². The maximum atomic E-state index is 13.0. The van der Waals surface area contributed by atoms with Crippen molar-refractivity contribution in [3.8, 4) is 0 Å². The molecular formula is C22H33N3O3S. The third-order valence-corrected chi connectivity index (χ3v) is 7.25. The summed E-state index contributed by atoms with van der Waals surface area (Å²) in [6, 6.07) is 9.97. The van der Waals surface area contributed by atoms with Gasteiger partial charge in [0.05, 0.1) is 24.2 Å². The Balaban J connectivity index is 1.83. The predicted molar refractivity (Wildman–Crippen MR) is 115 cm³/mol. The molecule has 1 aromatic heterocycles. The number of aromatic nitrogens is 2. The summed E-state index contributed by atoms with van der Waals surface area (Å²) in [6.07, 6.45) is 3.90. The molecule has 1 saturated heterocycles. The van der Waals surface area contributed by atoms with E-state index < -0.39 is 9.84 Å². The molecule has 0 amide bonds. The van der Waals surface area contributed by atoms with Gasteiger partial charge in [-0.2, -0.15) is 0 Å². The van der Waals surface area contributed by atoms with Gasteiger partial charge in [0.1, 0.15) is 0 Å². The molecule has 2 aromatic rings. The fourth-order valence-electron chi connectivity index (χ4n) is 3.93.